The van der Waals surface area contributed by atoms with Crippen LogP contribution in [0.4, 0.5) is 11.4 Å². The van der Waals surface area contributed by atoms with Crippen molar-refractivity contribution >= 4 is 23.0 Å². The van der Waals surface area contributed by atoms with Gasteiger partial charge in [-0.1, -0.05) is 12.1 Å². The lowest BCUT2D eigenvalue weighted by molar-refractivity contribution is -0.119. The van der Waals surface area contributed by atoms with Crippen LogP contribution >= 0.6 is 0 Å². The van der Waals surface area contributed by atoms with E-state index in [1.165, 1.54) is 0 Å². The Morgan fingerprint density at radius 2 is 1.79 bits per heavy atom. The smallest absolute Gasteiger partial charge is 0.259 e. The van der Waals surface area contributed by atoms with Gasteiger partial charge in [-0.05, 0) is 55.8 Å². The van der Waals surface area contributed by atoms with Gasteiger partial charge in [-0.15, -0.1) is 0 Å². The van der Waals surface area contributed by atoms with Gasteiger partial charge >= 0.3 is 0 Å². The zero-order valence-electron chi connectivity index (χ0n) is 13.9. The van der Waals surface area contributed by atoms with Gasteiger partial charge < -0.3 is 15.8 Å². The fourth-order valence-electron chi connectivity index (χ4n) is 1.99. The summed E-state index contributed by atoms with van der Waals surface area (Å²) < 4.78 is 5.37. The molecule has 0 aliphatic carbocycles. The lowest BCUT2D eigenvalue weighted by atomic mass is 10.1. The summed E-state index contributed by atoms with van der Waals surface area (Å²) in [5, 5.41) is 7.12. The minimum absolute atomic E-state index is 0.131. The fourth-order valence-corrected chi connectivity index (χ4v) is 1.99. The number of nitrogens with one attached hydrogen (secondary N) is 2. The van der Waals surface area contributed by atoms with Gasteiger partial charge in [0.1, 0.15) is 5.75 Å². The Morgan fingerprint density at radius 3 is 2.42 bits per heavy atom. The number of ether oxygens (including phenoxy) is 1. The molecule has 0 bridgehead atoms. The van der Waals surface area contributed by atoms with Gasteiger partial charge in [0.2, 0.25) is 0 Å². The van der Waals surface area contributed by atoms with Crippen LogP contribution in [0.5, 0.6) is 5.75 Å². The number of anilines is 2. The van der Waals surface area contributed by atoms with Crippen LogP contribution in [0.15, 0.2) is 53.6 Å². The number of hydrazone groups is 1. The first kappa shape index (κ1) is 17.3. The van der Waals surface area contributed by atoms with Gasteiger partial charge in [-0.25, -0.2) is 5.43 Å². The van der Waals surface area contributed by atoms with Crippen LogP contribution in [-0.4, -0.2) is 24.8 Å². The second-order valence-electron chi connectivity index (χ2n) is 5.17. The standard InChI is InChI=1S/C18H22N4O2/c1-3-24-17-10-8-16(9-11-17)20-12-18(23)22-21-13(2)14-4-6-15(19)7-5-14/h4-11,20H,3,12,19H2,1-2H3,(H,22,23). The van der Waals surface area contributed by atoms with Gasteiger partial charge in [0.25, 0.3) is 5.91 Å². The fraction of sp³-hybridized carbons (Fsp3) is 0.222. The molecule has 0 radical (unpaired) electrons. The van der Waals surface area contributed by atoms with Gasteiger partial charge in [-0.3, -0.25) is 4.79 Å². The van der Waals surface area contributed by atoms with E-state index in [4.69, 9.17) is 10.5 Å². The lowest BCUT2D eigenvalue weighted by Crippen LogP contribution is -2.26. The first-order valence-electron chi connectivity index (χ1n) is 7.74. The van der Waals surface area contributed by atoms with Crippen LogP contribution in [0, 0.1) is 0 Å². The number of benzene rings is 2. The first-order chi connectivity index (χ1) is 11.6. The summed E-state index contributed by atoms with van der Waals surface area (Å²) in [5.41, 5.74) is 11.3. The summed E-state index contributed by atoms with van der Waals surface area (Å²) in [6.45, 7) is 4.52. The Labute approximate surface area is 141 Å². The summed E-state index contributed by atoms with van der Waals surface area (Å²) in [6.07, 6.45) is 0. The predicted octanol–water partition coefficient (Wildman–Crippen LogP) is 2.62. The summed E-state index contributed by atoms with van der Waals surface area (Å²) in [5.74, 6) is 0.579. The summed E-state index contributed by atoms with van der Waals surface area (Å²) >= 11 is 0. The molecule has 2 aromatic rings. The predicted molar refractivity (Wildman–Crippen MR) is 97.3 cm³/mol. The zero-order chi connectivity index (χ0) is 17.4. The van der Waals surface area contributed by atoms with E-state index < -0.39 is 0 Å². The minimum Gasteiger partial charge on any atom is -0.494 e. The topological polar surface area (TPSA) is 88.7 Å². The van der Waals surface area contributed by atoms with E-state index in [1.54, 1.807) is 12.1 Å². The number of nitrogens with two attached hydrogens (primary N) is 1. The quantitative estimate of drug-likeness (QED) is 0.414. The van der Waals surface area contributed by atoms with Crippen LogP contribution in [0.25, 0.3) is 0 Å². The van der Waals surface area contributed by atoms with Crippen molar-refractivity contribution < 1.29 is 9.53 Å². The lowest BCUT2D eigenvalue weighted by Gasteiger charge is -2.08. The van der Waals surface area contributed by atoms with Crippen molar-refractivity contribution in [2.24, 2.45) is 5.10 Å². The molecule has 6 nitrogen and oxygen atoms in total. The first-order valence-corrected chi connectivity index (χ1v) is 7.74. The Morgan fingerprint density at radius 1 is 1.12 bits per heavy atom. The Bertz CT molecular complexity index is 694. The molecule has 0 spiro atoms. The molecule has 0 aliphatic rings. The van der Waals surface area contributed by atoms with Gasteiger partial charge in [0.15, 0.2) is 0 Å². The number of carbonyl (C=O) groups excluding carboxylic acids is 1. The average molecular weight is 326 g/mol. The van der Waals surface area contributed by atoms with Gasteiger partial charge in [0, 0.05) is 11.4 Å². The summed E-state index contributed by atoms with van der Waals surface area (Å²) in [6, 6.07) is 14.7. The number of nitrogens with zero attached hydrogens (tertiary/aromatic N) is 1. The molecule has 0 saturated carbocycles. The third-order valence-electron chi connectivity index (χ3n) is 3.30. The normalized spacial score (nSPS) is 11.0. The van der Waals surface area contributed by atoms with Crippen LogP contribution in [0.2, 0.25) is 0 Å². The SMILES string of the molecule is CCOc1ccc(NCC(=O)NN=C(C)c2ccc(N)cc2)cc1. The highest BCUT2D eigenvalue weighted by Gasteiger charge is 2.02. The third-order valence-corrected chi connectivity index (χ3v) is 3.30. The van der Waals surface area contributed by atoms with Crippen molar-refractivity contribution in [1.29, 1.82) is 0 Å². The number of amides is 1. The average Bonchev–Trinajstić information content (AvgIpc) is 2.60. The second-order valence-corrected chi connectivity index (χ2v) is 5.17. The van der Waals surface area contributed by atoms with Crippen molar-refractivity contribution in [3.05, 3.63) is 54.1 Å². The molecule has 2 aromatic carbocycles. The minimum atomic E-state index is -0.223. The van der Waals surface area contributed by atoms with Gasteiger partial charge in [0.05, 0.1) is 18.9 Å². The number of hydrogen-bond acceptors (Lipinski definition) is 5. The van der Waals surface area contributed by atoms with Crippen molar-refractivity contribution in [2.75, 3.05) is 24.2 Å². The molecule has 126 valence electrons. The van der Waals surface area contributed by atoms with Crippen LogP contribution in [0.3, 0.4) is 0 Å². The molecule has 0 unspecified atom stereocenters. The molecule has 6 heteroatoms. The summed E-state index contributed by atoms with van der Waals surface area (Å²) in [4.78, 5) is 11.9. The largest absolute Gasteiger partial charge is 0.494 e. The van der Waals surface area contributed by atoms with E-state index >= 15 is 0 Å². The van der Waals surface area contributed by atoms with Crippen molar-refractivity contribution in [3.63, 3.8) is 0 Å². The van der Waals surface area contributed by atoms with Crippen molar-refractivity contribution in [2.45, 2.75) is 13.8 Å². The second kappa shape index (κ2) is 8.57. The third kappa shape index (κ3) is 5.31. The number of rotatable bonds is 7. The monoisotopic (exact) mass is 326 g/mol. The van der Waals surface area contributed by atoms with E-state index in [2.05, 4.69) is 15.8 Å². The maximum Gasteiger partial charge on any atom is 0.259 e. The number of hydrogen-bond donors (Lipinski definition) is 3. The number of carbonyl (C=O) groups is 1. The molecular formula is C18H22N4O2. The Kier molecular flexibility index (Phi) is 6.19. The molecule has 0 aliphatic heterocycles. The van der Waals surface area contributed by atoms with Crippen LogP contribution < -0.4 is 21.2 Å². The molecule has 0 saturated heterocycles. The van der Waals surface area contributed by atoms with E-state index in [-0.39, 0.29) is 12.5 Å². The summed E-state index contributed by atoms with van der Waals surface area (Å²) in [7, 11) is 0. The molecular weight excluding hydrogens is 304 g/mol. The molecule has 2 rings (SSSR count). The maximum absolute atomic E-state index is 11.9. The highest BCUT2D eigenvalue weighted by atomic mass is 16.5. The molecule has 0 aromatic heterocycles. The highest BCUT2D eigenvalue weighted by Crippen LogP contribution is 2.15. The Hall–Kier alpha value is -3.02. The molecule has 0 atom stereocenters. The van der Waals surface area contributed by atoms with E-state index in [0.717, 1.165) is 17.0 Å². The van der Waals surface area contributed by atoms with Gasteiger partial charge in [-0.2, -0.15) is 5.10 Å². The van der Waals surface area contributed by atoms with E-state index in [1.807, 2.05) is 50.2 Å². The molecule has 1 amide bonds. The zero-order valence-corrected chi connectivity index (χ0v) is 13.9. The molecule has 4 N–H and O–H groups in total. The van der Waals surface area contributed by atoms with E-state index in [0.29, 0.717) is 18.0 Å². The Balaban J connectivity index is 1.82. The van der Waals surface area contributed by atoms with Crippen LogP contribution in [0.1, 0.15) is 19.4 Å². The molecule has 24 heavy (non-hydrogen) atoms. The van der Waals surface area contributed by atoms with Crippen LogP contribution in [-0.2, 0) is 4.79 Å². The molecule has 0 heterocycles. The maximum atomic E-state index is 11.9. The van der Waals surface area contributed by atoms with Crippen molar-refractivity contribution in [1.82, 2.24) is 5.43 Å². The molecule has 0 fully saturated rings. The van der Waals surface area contributed by atoms with Crippen molar-refractivity contribution in [3.8, 4) is 5.75 Å². The van der Waals surface area contributed by atoms with E-state index in [9.17, 15) is 4.79 Å². The number of nitrogen functional groups attached to an aromatic ring is 1. The highest BCUT2D eigenvalue weighted by molar-refractivity contribution is 5.99.